The molecule has 0 amide bonds. The van der Waals surface area contributed by atoms with E-state index >= 15 is 0 Å². The first kappa shape index (κ1) is 18.7. The van der Waals surface area contributed by atoms with Crippen LogP contribution in [0.15, 0.2) is 34.9 Å². The summed E-state index contributed by atoms with van der Waals surface area (Å²) in [6, 6.07) is 5.81. The summed E-state index contributed by atoms with van der Waals surface area (Å²) in [5, 5.41) is 21.9. The lowest BCUT2D eigenvalue weighted by molar-refractivity contribution is -0.384. The number of esters is 1. The van der Waals surface area contributed by atoms with Crippen LogP contribution < -0.4 is 0 Å². The Kier molecular flexibility index (Phi) is 5.49. The second-order valence-corrected chi connectivity index (χ2v) is 7.47. The summed E-state index contributed by atoms with van der Waals surface area (Å²) >= 11 is 1.56. The summed E-state index contributed by atoms with van der Waals surface area (Å²) in [4.78, 5) is 29.2. The molecule has 0 radical (unpaired) electrons. The number of hydroxylamine groups is 2. The van der Waals surface area contributed by atoms with Crippen molar-refractivity contribution >= 4 is 23.4 Å². The number of hydrogen-bond acceptors (Lipinski definition) is 8. The number of carbonyl (C=O) groups excluding carboxylic acids is 1. The fourth-order valence-corrected chi connectivity index (χ4v) is 3.97. The number of rotatable bonds is 7. The van der Waals surface area contributed by atoms with Crippen molar-refractivity contribution in [3.63, 3.8) is 0 Å². The predicted molar refractivity (Wildman–Crippen MR) is 94.8 cm³/mol. The van der Waals surface area contributed by atoms with Crippen LogP contribution in [0.3, 0.4) is 0 Å². The van der Waals surface area contributed by atoms with Crippen LogP contribution in [0.5, 0.6) is 0 Å². The van der Waals surface area contributed by atoms with E-state index in [1.807, 2.05) is 6.92 Å². The number of hydrogen-bond donors (Lipinski definition) is 1. The maximum atomic E-state index is 12.6. The molecule has 0 aliphatic carbocycles. The standard InChI is InChI=1S/C17H20N2O6S/c1-3-26-14-8-13-16(10(2)20)25-18(13)15(14)17(21)24-9-11-4-6-12(7-5-11)19(22)23/h4-7,10,13,16,20H,3,8-9H2,1-2H3/t10?,13-,16-/m1/s1. The van der Waals surface area contributed by atoms with Crippen molar-refractivity contribution in [2.75, 3.05) is 5.75 Å². The Hall–Kier alpha value is -2.10. The van der Waals surface area contributed by atoms with E-state index in [1.54, 1.807) is 30.8 Å². The van der Waals surface area contributed by atoms with Crippen molar-refractivity contribution in [1.82, 2.24) is 5.06 Å². The maximum Gasteiger partial charge on any atom is 0.358 e. The number of fused-ring (bicyclic) bond motifs is 1. The van der Waals surface area contributed by atoms with E-state index in [0.29, 0.717) is 17.7 Å². The number of aliphatic hydroxyl groups is 1. The second kappa shape index (κ2) is 7.65. The van der Waals surface area contributed by atoms with Crippen LogP contribution in [-0.2, 0) is 21.0 Å². The highest BCUT2D eigenvalue weighted by atomic mass is 32.2. The Morgan fingerprint density at radius 2 is 2.19 bits per heavy atom. The largest absolute Gasteiger partial charge is 0.456 e. The summed E-state index contributed by atoms with van der Waals surface area (Å²) < 4.78 is 5.37. The van der Waals surface area contributed by atoms with Gasteiger partial charge in [0.05, 0.1) is 17.1 Å². The summed E-state index contributed by atoms with van der Waals surface area (Å²) in [7, 11) is 0. The fraction of sp³-hybridized carbons (Fsp3) is 0.471. The molecule has 140 valence electrons. The second-order valence-electron chi connectivity index (χ2n) is 6.11. The smallest absolute Gasteiger partial charge is 0.358 e. The Balaban J connectivity index is 1.65. The molecule has 1 fully saturated rings. The topological polar surface area (TPSA) is 102 Å². The van der Waals surface area contributed by atoms with Crippen molar-refractivity contribution < 1.29 is 24.4 Å². The van der Waals surface area contributed by atoms with Crippen LogP contribution >= 0.6 is 11.8 Å². The van der Waals surface area contributed by atoms with Crippen LogP contribution in [0.25, 0.3) is 0 Å². The zero-order valence-corrected chi connectivity index (χ0v) is 15.3. The van der Waals surface area contributed by atoms with Crippen LogP contribution in [0, 0.1) is 10.1 Å². The van der Waals surface area contributed by atoms with Gasteiger partial charge >= 0.3 is 5.97 Å². The minimum absolute atomic E-state index is 0.0128. The molecule has 0 aromatic heterocycles. The number of thioether (sulfide) groups is 1. The van der Waals surface area contributed by atoms with E-state index in [-0.39, 0.29) is 24.4 Å². The van der Waals surface area contributed by atoms with Crippen molar-refractivity contribution in [3.8, 4) is 0 Å². The minimum Gasteiger partial charge on any atom is -0.456 e. The third-order valence-corrected chi connectivity index (χ3v) is 5.30. The molecule has 26 heavy (non-hydrogen) atoms. The van der Waals surface area contributed by atoms with Gasteiger partial charge < -0.3 is 9.84 Å². The van der Waals surface area contributed by atoms with Gasteiger partial charge in [0.25, 0.3) is 5.69 Å². The molecule has 3 atom stereocenters. The van der Waals surface area contributed by atoms with Crippen LogP contribution in [-0.4, -0.2) is 45.1 Å². The van der Waals surface area contributed by atoms with Gasteiger partial charge in [0, 0.05) is 23.5 Å². The summed E-state index contributed by atoms with van der Waals surface area (Å²) in [6.07, 6.45) is -0.280. The lowest BCUT2D eigenvalue weighted by atomic mass is 10.0. The molecule has 1 aromatic carbocycles. The highest BCUT2D eigenvalue weighted by Gasteiger charge is 2.52. The summed E-state index contributed by atoms with van der Waals surface area (Å²) in [5.41, 5.74) is 1.04. The molecule has 1 aromatic rings. The Bertz CT molecular complexity index is 733. The number of ether oxygens (including phenoxy) is 1. The van der Waals surface area contributed by atoms with E-state index in [1.165, 1.54) is 17.2 Å². The number of benzene rings is 1. The first-order valence-corrected chi connectivity index (χ1v) is 9.31. The molecule has 8 nitrogen and oxygen atoms in total. The highest BCUT2D eigenvalue weighted by molar-refractivity contribution is 8.03. The lowest BCUT2D eigenvalue weighted by Crippen LogP contribution is -2.59. The quantitative estimate of drug-likeness (QED) is 0.437. The number of nitrogens with zero attached hydrogens (tertiary/aromatic N) is 2. The monoisotopic (exact) mass is 380 g/mol. The van der Waals surface area contributed by atoms with Gasteiger partial charge in [0.2, 0.25) is 0 Å². The van der Waals surface area contributed by atoms with Crippen LogP contribution in [0.4, 0.5) is 5.69 Å². The van der Waals surface area contributed by atoms with Gasteiger partial charge in [-0.15, -0.1) is 11.8 Å². The molecule has 2 aliphatic rings. The molecule has 9 heteroatoms. The van der Waals surface area contributed by atoms with E-state index in [9.17, 15) is 20.0 Å². The molecule has 2 aliphatic heterocycles. The predicted octanol–water partition coefficient (Wildman–Crippen LogP) is 2.37. The molecular formula is C17H20N2O6S. The minimum atomic E-state index is -0.611. The van der Waals surface area contributed by atoms with Crippen LogP contribution in [0.2, 0.25) is 0 Å². The molecule has 0 spiro atoms. The summed E-state index contributed by atoms with van der Waals surface area (Å²) in [5.74, 6) is 0.319. The zero-order chi connectivity index (χ0) is 18.8. The number of nitro groups is 1. The third-order valence-electron chi connectivity index (χ3n) is 4.30. The Labute approximate surface area is 154 Å². The number of carbonyl (C=O) groups is 1. The average molecular weight is 380 g/mol. The molecule has 1 saturated heterocycles. The lowest BCUT2D eigenvalue weighted by Gasteiger charge is -2.45. The van der Waals surface area contributed by atoms with E-state index < -0.39 is 17.0 Å². The molecular weight excluding hydrogens is 360 g/mol. The molecule has 0 bridgehead atoms. The van der Waals surface area contributed by atoms with Gasteiger partial charge in [-0.2, -0.15) is 0 Å². The maximum absolute atomic E-state index is 12.6. The molecule has 2 heterocycles. The van der Waals surface area contributed by atoms with E-state index in [4.69, 9.17) is 9.57 Å². The van der Waals surface area contributed by atoms with Crippen LogP contribution in [0.1, 0.15) is 25.8 Å². The highest BCUT2D eigenvalue weighted by Crippen LogP contribution is 2.45. The Morgan fingerprint density at radius 1 is 1.50 bits per heavy atom. The fourth-order valence-electron chi connectivity index (χ4n) is 3.02. The van der Waals surface area contributed by atoms with Gasteiger partial charge in [-0.25, -0.2) is 9.86 Å². The number of aliphatic hydroxyl groups excluding tert-OH is 1. The Morgan fingerprint density at radius 3 is 2.77 bits per heavy atom. The molecule has 3 rings (SSSR count). The summed E-state index contributed by atoms with van der Waals surface area (Å²) in [6.45, 7) is 3.68. The first-order valence-electron chi connectivity index (χ1n) is 8.32. The molecule has 1 unspecified atom stereocenters. The van der Waals surface area contributed by atoms with E-state index in [2.05, 4.69) is 0 Å². The number of non-ortho nitro benzene ring substituents is 1. The SMILES string of the molecule is CCSC1=C(C(=O)OCc2ccc([N+](=O)[O-])cc2)N2O[C@H](C(C)O)[C@H]2C1. The van der Waals surface area contributed by atoms with Gasteiger partial charge in [0.1, 0.15) is 12.7 Å². The molecule has 0 saturated carbocycles. The third kappa shape index (κ3) is 3.55. The van der Waals surface area contributed by atoms with Gasteiger partial charge in [-0.1, -0.05) is 6.92 Å². The number of nitro benzene ring substituents is 1. The van der Waals surface area contributed by atoms with Crippen molar-refractivity contribution in [3.05, 3.63) is 50.5 Å². The average Bonchev–Trinajstić information content (AvgIpc) is 2.85. The first-order chi connectivity index (χ1) is 12.4. The van der Waals surface area contributed by atoms with Gasteiger partial charge in [-0.3, -0.25) is 15.0 Å². The van der Waals surface area contributed by atoms with Crippen molar-refractivity contribution in [2.24, 2.45) is 0 Å². The van der Waals surface area contributed by atoms with Gasteiger partial charge in [-0.05, 0) is 30.4 Å². The van der Waals surface area contributed by atoms with E-state index in [0.717, 1.165) is 10.7 Å². The molecule has 1 N–H and O–H groups in total. The van der Waals surface area contributed by atoms with Gasteiger partial charge in [0.15, 0.2) is 5.70 Å². The van der Waals surface area contributed by atoms with Crippen molar-refractivity contribution in [1.29, 1.82) is 0 Å². The zero-order valence-electron chi connectivity index (χ0n) is 14.5. The van der Waals surface area contributed by atoms with Crippen molar-refractivity contribution in [2.45, 2.75) is 45.1 Å². The normalized spacial score (nSPS) is 22.7.